The van der Waals surface area contributed by atoms with Gasteiger partial charge in [-0.3, -0.25) is 19.0 Å². The van der Waals surface area contributed by atoms with E-state index in [0.29, 0.717) is 40.1 Å². The first-order chi connectivity index (χ1) is 17.5. The van der Waals surface area contributed by atoms with E-state index >= 15 is 0 Å². The summed E-state index contributed by atoms with van der Waals surface area (Å²) in [5.74, 6) is -0.461. The van der Waals surface area contributed by atoms with E-state index in [2.05, 4.69) is 15.6 Å². The zero-order chi connectivity index (χ0) is 25.1. The standard InChI is InChI=1S/C26H21FN4O5/c27-19-9-8-17(29-25(33)16-7-10-22-23(12-16)36-15-35-22)13-21(19)30-24(32)6-3-11-31-14-28-20-5-2-1-4-18(20)26(31)34/h1-2,4-5,7-10,12-14H,3,6,11,15H2,(H,29,33)(H,30,32). The van der Waals surface area contributed by atoms with Crippen LogP contribution in [0.4, 0.5) is 15.8 Å². The summed E-state index contributed by atoms with van der Waals surface area (Å²) >= 11 is 0. The van der Waals surface area contributed by atoms with Crippen LogP contribution >= 0.6 is 0 Å². The number of nitrogens with one attached hydrogen (secondary N) is 2. The lowest BCUT2D eigenvalue weighted by Gasteiger charge is -2.11. The smallest absolute Gasteiger partial charge is 0.261 e. The third kappa shape index (κ3) is 4.88. The van der Waals surface area contributed by atoms with Crippen LogP contribution in [0.25, 0.3) is 10.9 Å². The van der Waals surface area contributed by atoms with Crippen molar-refractivity contribution >= 4 is 34.1 Å². The van der Waals surface area contributed by atoms with Gasteiger partial charge < -0.3 is 20.1 Å². The molecule has 0 radical (unpaired) electrons. The van der Waals surface area contributed by atoms with Crippen molar-refractivity contribution in [1.82, 2.24) is 9.55 Å². The molecule has 2 heterocycles. The molecule has 1 aliphatic rings. The average molecular weight is 488 g/mol. The van der Waals surface area contributed by atoms with E-state index in [1.807, 2.05) is 0 Å². The van der Waals surface area contributed by atoms with Crippen LogP contribution in [0.3, 0.4) is 0 Å². The predicted molar refractivity (Wildman–Crippen MR) is 131 cm³/mol. The minimum atomic E-state index is -0.639. The summed E-state index contributed by atoms with van der Waals surface area (Å²) in [6.45, 7) is 0.384. The third-order valence-electron chi connectivity index (χ3n) is 5.67. The summed E-state index contributed by atoms with van der Waals surface area (Å²) in [6, 6.07) is 15.7. The molecule has 1 aromatic heterocycles. The number of benzene rings is 3. The monoisotopic (exact) mass is 488 g/mol. The Morgan fingerprint density at radius 2 is 1.83 bits per heavy atom. The number of rotatable bonds is 7. The van der Waals surface area contributed by atoms with Crippen LogP contribution in [0.5, 0.6) is 11.5 Å². The lowest BCUT2D eigenvalue weighted by molar-refractivity contribution is -0.116. The summed E-state index contributed by atoms with van der Waals surface area (Å²) in [6.07, 6.45) is 1.87. The Morgan fingerprint density at radius 1 is 1.00 bits per heavy atom. The highest BCUT2D eigenvalue weighted by molar-refractivity contribution is 6.05. The van der Waals surface area contributed by atoms with Gasteiger partial charge in [0.05, 0.1) is 22.9 Å². The molecule has 10 heteroatoms. The summed E-state index contributed by atoms with van der Waals surface area (Å²) in [7, 11) is 0. The van der Waals surface area contributed by atoms with Gasteiger partial charge in [0.1, 0.15) is 5.82 Å². The number of nitrogens with zero attached hydrogens (tertiary/aromatic N) is 2. The number of para-hydroxylation sites is 1. The van der Waals surface area contributed by atoms with Crippen molar-refractivity contribution in [1.29, 1.82) is 0 Å². The van der Waals surface area contributed by atoms with Crippen LogP contribution in [-0.4, -0.2) is 28.2 Å². The highest BCUT2D eigenvalue weighted by Crippen LogP contribution is 2.32. The lowest BCUT2D eigenvalue weighted by atomic mass is 10.1. The first-order valence-electron chi connectivity index (χ1n) is 11.2. The second-order valence-electron chi connectivity index (χ2n) is 8.13. The van der Waals surface area contributed by atoms with Gasteiger partial charge in [-0.2, -0.15) is 0 Å². The van der Waals surface area contributed by atoms with Crippen LogP contribution in [0.1, 0.15) is 23.2 Å². The van der Waals surface area contributed by atoms with E-state index in [-0.39, 0.29) is 31.0 Å². The van der Waals surface area contributed by atoms with E-state index in [0.717, 1.165) is 6.07 Å². The Bertz CT molecular complexity index is 1530. The largest absolute Gasteiger partial charge is 0.454 e. The number of amides is 2. The molecule has 0 saturated heterocycles. The fraction of sp³-hybridized carbons (Fsp3) is 0.154. The number of hydrogen-bond donors (Lipinski definition) is 2. The number of halogens is 1. The topological polar surface area (TPSA) is 112 Å². The Labute approximate surface area is 204 Å². The number of aromatic nitrogens is 2. The number of hydrogen-bond acceptors (Lipinski definition) is 6. The molecular formula is C26H21FN4O5. The molecule has 0 aliphatic carbocycles. The van der Waals surface area contributed by atoms with Crippen molar-refractivity contribution in [2.75, 3.05) is 17.4 Å². The Hall–Kier alpha value is -4.73. The van der Waals surface area contributed by atoms with Gasteiger partial charge in [-0.1, -0.05) is 12.1 Å². The van der Waals surface area contributed by atoms with Crippen LogP contribution in [-0.2, 0) is 11.3 Å². The van der Waals surface area contributed by atoms with Crippen molar-refractivity contribution in [3.05, 3.63) is 88.7 Å². The van der Waals surface area contributed by atoms with Gasteiger partial charge in [0.25, 0.3) is 11.5 Å². The zero-order valence-corrected chi connectivity index (χ0v) is 19.0. The van der Waals surface area contributed by atoms with Gasteiger partial charge in [-0.05, 0) is 55.0 Å². The van der Waals surface area contributed by atoms with E-state index < -0.39 is 17.6 Å². The molecule has 36 heavy (non-hydrogen) atoms. The Kier molecular flexibility index (Phi) is 6.31. The molecule has 4 aromatic rings. The molecule has 0 spiro atoms. The molecule has 2 N–H and O–H groups in total. The molecule has 0 atom stereocenters. The van der Waals surface area contributed by atoms with Gasteiger partial charge in [0.15, 0.2) is 11.5 Å². The van der Waals surface area contributed by atoms with Crippen LogP contribution < -0.4 is 25.7 Å². The van der Waals surface area contributed by atoms with Gasteiger partial charge in [-0.25, -0.2) is 9.37 Å². The summed E-state index contributed by atoms with van der Waals surface area (Å²) in [5.41, 5.74) is 1.01. The average Bonchev–Trinajstić information content (AvgIpc) is 3.35. The quantitative estimate of drug-likeness (QED) is 0.408. The number of ether oxygens (including phenoxy) is 2. The Balaban J connectivity index is 1.19. The summed E-state index contributed by atoms with van der Waals surface area (Å²) in [4.78, 5) is 41.8. The minimum absolute atomic E-state index is 0.0620. The summed E-state index contributed by atoms with van der Waals surface area (Å²) in [5, 5.41) is 5.71. The summed E-state index contributed by atoms with van der Waals surface area (Å²) < 4.78 is 26.3. The maximum Gasteiger partial charge on any atom is 0.261 e. The van der Waals surface area contributed by atoms with Crippen molar-refractivity contribution < 1.29 is 23.5 Å². The Morgan fingerprint density at radius 3 is 2.72 bits per heavy atom. The molecule has 0 bridgehead atoms. The van der Waals surface area contributed by atoms with Crippen molar-refractivity contribution in [3.63, 3.8) is 0 Å². The van der Waals surface area contributed by atoms with Crippen LogP contribution in [0, 0.1) is 5.82 Å². The second kappa shape index (κ2) is 9.87. The number of fused-ring (bicyclic) bond motifs is 2. The van der Waals surface area contributed by atoms with Crippen molar-refractivity contribution in [2.45, 2.75) is 19.4 Å². The van der Waals surface area contributed by atoms with E-state index in [1.165, 1.54) is 23.0 Å². The maximum atomic E-state index is 14.3. The van der Waals surface area contributed by atoms with Crippen LogP contribution in [0.15, 0.2) is 71.8 Å². The van der Waals surface area contributed by atoms with Gasteiger partial charge in [0.2, 0.25) is 12.7 Å². The van der Waals surface area contributed by atoms with Gasteiger partial charge >= 0.3 is 0 Å². The molecule has 182 valence electrons. The lowest BCUT2D eigenvalue weighted by Crippen LogP contribution is -2.21. The highest BCUT2D eigenvalue weighted by Gasteiger charge is 2.17. The maximum absolute atomic E-state index is 14.3. The molecule has 5 rings (SSSR count). The molecule has 9 nitrogen and oxygen atoms in total. The fourth-order valence-corrected chi connectivity index (χ4v) is 3.83. The minimum Gasteiger partial charge on any atom is -0.454 e. The molecule has 0 saturated carbocycles. The third-order valence-corrected chi connectivity index (χ3v) is 5.67. The predicted octanol–water partition coefficient (Wildman–Crippen LogP) is 3.94. The highest BCUT2D eigenvalue weighted by atomic mass is 19.1. The molecule has 1 aliphatic heterocycles. The van der Waals surface area contributed by atoms with Gasteiger partial charge in [-0.15, -0.1) is 0 Å². The molecule has 2 amide bonds. The number of anilines is 2. The van der Waals surface area contributed by atoms with E-state index in [9.17, 15) is 18.8 Å². The molecule has 3 aromatic carbocycles. The number of carbonyl (C=O) groups is 2. The molecule has 0 unspecified atom stereocenters. The first kappa shape index (κ1) is 23.0. The van der Waals surface area contributed by atoms with E-state index in [1.54, 1.807) is 42.5 Å². The SMILES string of the molecule is O=C(CCCn1cnc2ccccc2c1=O)Nc1cc(NC(=O)c2ccc3c(c2)OCO3)ccc1F. The van der Waals surface area contributed by atoms with Crippen LogP contribution in [0.2, 0.25) is 0 Å². The molecule has 0 fully saturated rings. The zero-order valence-electron chi connectivity index (χ0n) is 19.0. The second-order valence-corrected chi connectivity index (χ2v) is 8.13. The fourth-order valence-electron chi connectivity index (χ4n) is 3.83. The number of aryl methyl sites for hydroxylation is 1. The first-order valence-corrected chi connectivity index (χ1v) is 11.2. The normalized spacial score (nSPS) is 11.9. The van der Waals surface area contributed by atoms with Crippen molar-refractivity contribution in [3.8, 4) is 11.5 Å². The van der Waals surface area contributed by atoms with E-state index in [4.69, 9.17) is 9.47 Å². The number of carbonyl (C=O) groups excluding carboxylic acids is 2. The molecular weight excluding hydrogens is 467 g/mol. The van der Waals surface area contributed by atoms with Crippen molar-refractivity contribution in [2.24, 2.45) is 0 Å². The van der Waals surface area contributed by atoms with Gasteiger partial charge in [0, 0.05) is 24.2 Å².